The highest BCUT2D eigenvalue weighted by molar-refractivity contribution is 7.89. The number of amides is 1. The molecular formula is C13H17ClN2O4S. The average molecular weight is 333 g/mol. The number of sulfonamides is 1. The van der Waals surface area contributed by atoms with Gasteiger partial charge in [-0.15, -0.1) is 0 Å². The van der Waals surface area contributed by atoms with Crippen molar-refractivity contribution in [1.82, 2.24) is 10.0 Å². The molecule has 1 aromatic rings. The van der Waals surface area contributed by atoms with Crippen molar-refractivity contribution in [3.63, 3.8) is 0 Å². The van der Waals surface area contributed by atoms with Crippen LogP contribution in [0.1, 0.15) is 23.2 Å². The Balaban J connectivity index is 2.37. The van der Waals surface area contributed by atoms with E-state index in [1.54, 1.807) is 24.3 Å². The molecule has 2 N–H and O–H groups in total. The van der Waals surface area contributed by atoms with Crippen molar-refractivity contribution in [3.8, 4) is 0 Å². The van der Waals surface area contributed by atoms with Gasteiger partial charge in [0, 0.05) is 24.9 Å². The van der Waals surface area contributed by atoms with E-state index in [2.05, 4.69) is 10.0 Å². The Morgan fingerprint density at radius 3 is 2.48 bits per heavy atom. The Morgan fingerprint density at radius 2 is 1.86 bits per heavy atom. The first kappa shape index (κ1) is 17.6. The molecule has 1 rings (SSSR count). The molecule has 0 saturated carbocycles. The van der Waals surface area contributed by atoms with Gasteiger partial charge in [-0.3, -0.25) is 9.59 Å². The van der Waals surface area contributed by atoms with Gasteiger partial charge >= 0.3 is 0 Å². The number of ketones is 1. The highest BCUT2D eigenvalue weighted by Crippen LogP contribution is 2.17. The number of nitrogens with one attached hydrogen (secondary N) is 2. The van der Waals surface area contributed by atoms with Crippen molar-refractivity contribution in [1.29, 1.82) is 0 Å². The van der Waals surface area contributed by atoms with Gasteiger partial charge in [-0.25, -0.2) is 13.1 Å². The molecule has 1 aromatic carbocycles. The van der Waals surface area contributed by atoms with E-state index in [4.69, 9.17) is 11.6 Å². The summed E-state index contributed by atoms with van der Waals surface area (Å²) in [6.07, 6.45) is 0.0119. The summed E-state index contributed by atoms with van der Waals surface area (Å²) in [7, 11) is -2.04. The fourth-order valence-electron chi connectivity index (χ4n) is 1.56. The summed E-state index contributed by atoms with van der Waals surface area (Å²) < 4.78 is 24.4. The van der Waals surface area contributed by atoms with Crippen LogP contribution in [-0.4, -0.2) is 39.5 Å². The van der Waals surface area contributed by atoms with Gasteiger partial charge in [-0.05, 0) is 19.2 Å². The van der Waals surface area contributed by atoms with Crippen LogP contribution in [0.15, 0.2) is 24.3 Å². The first-order valence-electron chi connectivity index (χ1n) is 6.31. The molecule has 0 aliphatic heterocycles. The molecule has 0 fully saturated rings. The molecule has 0 unspecified atom stereocenters. The monoisotopic (exact) mass is 332 g/mol. The van der Waals surface area contributed by atoms with Gasteiger partial charge in [-0.1, -0.05) is 23.7 Å². The quantitative estimate of drug-likeness (QED) is 0.694. The topological polar surface area (TPSA) is 92.3 Å². The minimum atomic E-state index is -3.34. The van der Waals surface area contributed by atoms with E-state index < -0.39 is 10.0 Å². The van der Waals surface area contributed by atoms with E-state index >= 15 is 0 Å². The SMILES string of the molecule is CNS(=O)(=O)CCNC(=O)CCC(=O)c1ccccc1Cl. The molecule has 21 heavy (non-hydrogen) atoms. The van der Waals surface area contributed by atoms with Crippen LogP contribution in [0, 0.1) is 0 Å². The van der Waals surface area contributed by atoms with Crippen molar-refractivity contribution in [3.05, 3.63) is 34.9 Å². The highest BCUT2D eigenvalue weighted by Gasteiger charge is 2.12. The molecule has 0 aromatic heterocycles. The molecule has 0 radical (unpaired) electrons. The molecule has 0 saturated heterocycles. The normalized spacial score (nSPS) is 11.1. The summed E-state index contributed by atoms with van der Waals surface area (Å²) in [4.78, 5) is 23.4. The second kappa shape index (κ2) is 8.11. The van der Waals surface area contributed by atoms with E-state index in [0.29, 0.717) is 10.6 Å². The van der Waals surface area contributed by atoms with Gasteiger partial charge < -0.3 is 5.32 Å². The lowest BCUT2D eigenvalue weighted by Crippen LogP contribution is -2.33. The molecular weight excluding hydrogens is 316 g/mol. The first-order valence-corrected chi connectivity index (χ1v) is 8.34. The zero-order chi connectivity index (χ0) is 15.9. The van der Waals surface area contributed by atoms with E-state index in [1.165, 1.54) is 7.05 Å². The molecule has 0 aliphatic rings. The first-order chi connectivity index (χ1) is 9.85. The predicted molar refractivity (Wildman–Crippen MR) is 80.9 cm³/mol. The Bertz CT molecular complexity index is 616. The lowest BCUT2D eigenvalue weighted by atomic mass is 10.1. The number of benzene rings is 1. The van der Waals surface area contributed by atoms with Crippen LogP contribution in [0.4, 0.5) is 0 Å². The number of carbonyl (C=O) groups excluding carboxylic acids is 2. The number of hydrogen-bond acceptors (Lipinski definition) is 4. The smallest absolute Gasteiger partial charge is 0.220 e. The van der Waals surface area contributed by atoms with Crippen LogP contribution in [0.3, 0.4) is 0 Å². The third-order valence-electron chi connectivity index (χ3n) is 2.76. The van der Waals surface area contributed by atoms with Crippen LogP contribution in [0.5, 0.6) is 0 Å². The van der Waals surface area contributed by atoms with E-state index in [9.17, 15) is 18.0 Å². The molecule has 0 spiro atoms. The van der Waals surface area contributed by atoms with Gasteiger partial charge in [-0.2, -0.15) is 0 Å². The maximum Gasteiger partial charge on any atom is 0.220 e. The molecule has 6 nitrogen and oxygen atoms in total. The number of halogens is 1. The van der Waals surface area contributed by atoms with E-state index in [-0.39, 0.29) is 36.8 Å². The van der Waals surface area contributed by atoms with Crippen LogP contribution in [-0.2, 0) is 14.8 Å². The molecule has 116 valence electrons. The number of hydrogen-bond donors (Lipinski definition) is 2. The lowest BCUT2D eigenvalue weighted by Gasteiger charge is -2.06. The van der Waals surface area contributed by atoms with E-state index in [1.807, 2.05) is 0 Å². The summed E-state index contributed by atoms with van der Waals surface area (Å²) >= 11 is 5.89. The second-order valence-electron chi connectivity index (χ2n) is 4.28. The molecule has 0 bridgehead atoms. The standard InChI is InChI=1S/C13H17ClN2O4S/c1-15-21(19,20)9-8-16-13(18)7-6-12(17)10-4-2-3-5-11(10)14/h2-5,15H,6-9H2,1H3,(H,16,18). The maximum absolute atomic E-state index is 11.9. The van der Waals surface area contributed by atoms with E-state index in [0.717, 1.165) is 0 Å². The fourth-order valence-corrected chi connectivity index (χ4v) is 2.38. The summed E-state index contributed by atoms with van der Waals surface area (Å²) in [5.41, 5.74) is 0.379. The molecule has 0 atom stereocenters. The summed E-state index contributed by atoms with van der Waals surface area (Å²) in [6, 6.07) is 6.62. The largest absolute Gasteiger partial charge is 0.355 e. The van der Waals surface area contributed by atoms with Gasteiger partial charge in [0.05, 0.1) is 10.8 Å². The van der Waals surface area contributed by atoms with Crippen LogP contribution in [0.2, 0.25) is 5.02 Å². The minimum absolute atomic E-state index is 0.00227. The average Bonchev–Trinajstić information content (AvgIpc) is 2.45. The minimum Gasteiger partial charge on any atom is -0.355 e. The van der Waals surface area contributed by atoms with Gasteiger partial charge in [0.1, 0.15) is 0 Å². The zero-order valence-corrected chi connectivity index (χ0v) is 13.1. The van der Waals surface area contributed by atoms with Crippen molar-refractivity contribution >= 4 is 33.3 Å². The van der Waals surface area contributed by atoms with Gasteiger partial charge in [0.2, 0.25) is 15.9 Å². The van der Waals surface area contributed by atoms with Crippen molar-refractivity contribution in [2.45, 2.75) is 12.8 Å². The number of carbonyl (C=O) groups is 2. The Kier molecular flexibility index (Phi) is 6.80. The molecule has 0 heterocycles. The lowest BCUT2D eigenvalue weighted by molar-refractivity contribution is -0.120. The Hall–Kier alpha value is -1.44. The van der Waals surface area contributed by atoms with Gasteiger partial charge in [0.25, 0.3) is 0 Å². The van der Waals surface area contributed by atoms with Crippen LogP contribution < -0.4 is 10.0 Å². The van der Waals surface area contributed by atoms with Crippen molar-refractivity contribution in [2.24, 2.45) is 0 Å². The summed E-state index contributed by atoms with van der Waals surface area (Å²) in [5, 5.41) is 2.80. The molecule has 0 aliphatic carbocycles. The maximum atomic E-state index is 11.9. The Morgan fingerprint density at radius 1 is 1.19 bits per heavy atom. The summed E-state index contributed by atoms with van der Waals surface area (Å²) in [5.74, 6) is -0.798. The Labute approximate surface area is 128 Å². The van der Waals surface area contributed by atoms with Crippen molar-refractivity contribution < 1.29 is 18.0 Å². The highest BCUT2D eigenvalue weighted by atomic mass is 35.5. The third kappa shape index (κ3) is 6.24. The third-order valence-corrected chi connectivity index (χ3v) is 4.45. The zero-order valence-electron chi connectivity index (χ0n) is 11.6. The number of rotatable bonds is 8. The summed E-state index contributed by atoms with van der Waals surface area (Å²) in [6.45, 7) is 0.00227. The fraction of sp³-hybridized carbons (Fsp3) is 0.385. The van der Waals surface area contributed by atoms with Crippen molar-refractivity contribution in [2.75, 3.05) is 19.3 Å². The molecule has 1 amide bonds. The number of Topliss-reactive ketones (excluding diaryl/α,β-unsaturated/α-hetero) is 1. The second-order valence-corrected chi connectivity index (χ2v) is 6.73. The molecule has 8 heteroatoms. The van der Waals surface area contributed by atoms with Crippen LogP contribution >= 0.6 is 11.6 Å². The predicted octanol–water partition coefficient (Wildman–Crippen LogP) is 0.968. The van der Waals surface area contributed by atoms with Crippen LogP contribution in [0.25, 0.3) is 0 Å². The van der Waals surface area contributed by atoms with Gasteiger partial charge in [0.15, 0.2) is 5.78 Å².